The molecule has 0 atom stereocenters. The van der Waals surface area contributed by atoms with E-state index in [4.69, 9.17) is 4.74 Å². The summed E-state index contributed by atoms with van der Waals surface area (Å²) in [4.78, 5) is 32.6. The van der Waals surface area contributed by atoms with Crippen LogP contribution < -0.4 is 10.1 Å². The highest BCUT2D eigenvalue weighted by atomic mass is 32.1. The number of hydrogen-bond donors (Lipinski definition) is 1. The molecule has 1 saturated heterocycles. The Morgan fingerprint density at radius 1 is 1.14 bits per heavy atom. The highest BCUT2D eigenvalue weighted by molar-refractivity contribution is 7.18. The van der Waals surface area contributed by atoms with Gasteiger partial charge in [-0.2, -0.15) is 0 Å². The van der Waals surface area contributed by atoms with Crippen molar-refractivity contribution in [2.24, 2.45) is 0 Å². The van der Waals surface area contributed by atoms with E-state index in [1.807, 2.05) is 41.3 Å². The molecule has 29 heavy (non-hydrogen) atoms. The number of likely N-dealkylation sites (tertiary alicyclic amines) is 1. The number of aromatic nitrogens is 1. The molecule has 2 amide bonds. The van der Waals surface area contributed by atoms with E-state index in [-0.39, 0.29) is 18.4 Å². The van der Waals surface area contributed by atoms with Crippen molar-refractivity contribution >= 4 is 39.6 Å². The zero-order valence-electron chi connectivity index (χ0n) is 15.8. The monoisotopic (exact) mass is 427 g/mol. The Bertz CT molecular complexity index is 964. The number of nitrogens with zero attached hydrogens (tertiary/aromatic N) is 2. The van der Waals surface area contributed by atoms with Gasteiger partial charge in [-0.05, 0) is 30.9 Å². The van der Waals surface area contributed by atoms with Gasteiger partial charge in [-0.3, -0.25) is 14.9 Å². The average molecular weight is 428 g/mol. The van der Waals surface area contributed by atoms with E-state index in [0.29, 0.717) is 15.8 Å². The maximum atomic E-state index is 12.8. The average Bonchev–Trinajstić information content (AvgIpc) is 3.43. The third-order valence-electron chi connectivity index (χ3n) is 4.68. The summed E-state index contributed by atoms with van der Waals surface area (Å²) in [5.41, 5.74) is 0.998. The summed E-state index contributed by atoms with van der Waals surface area (Å²) in [5, 5.41) is 5.13. The minimum Gasteiger partial charge on any atom is -0.482 e. The van der Waals surface area contributed by atoms with E-state index in [9.17, 15) is 9.59 Å². The number of rotatable bonds is 6. The first kappa shape index (κ1) is 19.6. The number of nitrogens with one attached hydrogen (secondary N) is 1. The number of benzene rings is 1. The van der Waals surface area contributed by atoms with Crippen LogP contribution in [-0.4, -0.2) is 41.4 Å². The van der Waals surface area contributed by atoms with Crippen molar-refractivity contribution in [3.8, 4) is 16.2 Å². The van der Waals surface area contributed by atoms with Gasteiger partial charge in [0.25, 0.3) is 11.8 Å². The quantitative estimate of drug-likeness (QED) is 0.628. The predicted octanol–water partition coefficient (Wildman–Crippen LogP) is 4.52. The van der Waals surface area contributed by atoms with Gasteiger partial charge < -0.3 is 9.64 Å². The van der Waals surface area contributed by atoms with E-state index in [1.165, 1.54) is 22.7 Å². The van der Waals surface area contributed by atoms with Crippen LogP contribution in [0, 0.1) is 0 Å². The lowest BCUT2D eigenvalue weighted by atomic mass is 10.1. The highest BCUT2D eigenvalue weighted by Crippen LogP contribution is 2.37. The van der Waals surface area contributed by atoms with Crippen molar-refractivity contribution in [1.82, 2.24) is 9.88 Å². The van der Waals surface area contributed by atoms with Crippen LogP contribution in [0.3, 0.4) is 0 Å². The number of carbonyl (C=O) groups is 2. The molecule has 8 heteroatoms. The molecule has 1 N–H and O–H groups in total. The Kier molecular flexibility index (Phi) is 6.21. The van der Waals surface area contributed by atoms with E-state index >= 15 is 0 Å². The van der Waals surface area contributed by atoms with Gasteiger partial charge in [0.05, 0.1) is 0 Å². The second-order valence-corrected chi connectivity index (χ2v) is 8.64. The maximum absolute atomic E-state index is 12.8. The number of amides is 2. The molecule has 0 bridgehead atoms. The summed E-state index contributed by atoms with van der Waals surface area (Å²) in [6.07, 6.45) is 4.86. The van der Waals surface area contributed by atoms with Gasteiger partial charge in [0.2, 0.25) is 0 Å². The largest absolute Gasteiger partial charge is 0.482 e. The molecule has 0 saturated carbocycles. The lowest BCUT2D eigenvalue weighted by molar-refractivity contribution is -0.134. The molecule has 3 aromatic rings. The fourth-order valence-corrected chi connectivity index (χ4v) is 4.72. The topological polar surface area (TPSA) is 71.5 Å². The van der Waals surface area contributed by atoms with Gasteiger partial charge in [-0.25, -0.2) is 4.98 Å². The zero-order valence-corrected chi connectivity index (χ0v) is 17.4. The Hall–Kier alpha value is -2.71. The Morgan fingerprint density at radius 3 is 2.66 bits per heavy atom. The predicted molar refractivity (Wildman–Crippen MR) is 116 cm³/mol. The molecule has 1 fully saturated rings. The van der Waals surface area contributed by atoms with Crippen LogP contribution in [0.15, 0.2) is 48.0 Å². The lowest BCUT2D eigenvalue weighted by Crippen LogP contribution is -2.38. The Balaban J connectivity index is 1.54. The molecule has 0 unspecified atom stereocenters. The number of carbonyl (C=O) groups excluding carboxylic acids is 2. The van der Waals surface area contributed by atoms with Crippen LogP contribution >= 0.6 is 22.7 Å². The standard InChI is InChI=1S/C21H21N3O3S2/c25-18(24-10-5-2-6-11-24)14-27-16-13-17(15-7-3-1-4-8-15)29-19(16)20(26)23-21-22-9-12-28-21/h1,3-4,7-9,12-13H,2,5-6,10-11,14H2,(H,22,23,26). The normalized spacial score (nSPS) is 13.9. The van der Waals surface area contributed by atoms with Crippen molar-refractivity contribution in [3.05, 3.63) is 52.9 Å². The van der Waals surface area contributed by atoms with E-state index < -0.39 is 0 Å². The lowest BCUT2D eigenvalue weighted by Gasteiger charge is -2.26. The molecule has 0 spiro atoms. The number of hydrogen-bond acceptors (Lipinski definition) is 6. The number of anilines is 1. The minimum absolute atomic E-state index is 0.0385. The molecular formula is C21H21N3O3S2. The number of piperidine rings is 1. The van der Waals surface area contributed by atoms with Crippen molar-refractivity contribution in [2.75, 3.05) is 25.0 Å². The summed E-state index contributed by atoms with van der Waals surface area (Å²) >= 11 is 2.70. The fourth-order valence-electron chi connectivity index (χ4n) is 3.20. The molecule has 1 aliphatic rings. The molecule has 1 aliphatic heterocycles. The molecule has 2 aromatic heterocycles. The molecule has 150 valence electrons. The van der Waals surface area contributed by atoms with Crippen LogP contribution in [0.4, 0.5) is 5.13 Å². The second kappa shape index (κ2) is 9.19. The van der Waals surface area contributed by atoms with Gasteiger partial charge in [-0.1, -0.05) is 30.3 Å². The third kappa shape index (κ3) is 4.83. The van der Waals surface area contributed by atoms with Gasteiger partial charge in [0.1, 0.15) is 10.6 Å². The molecule has 6 nitrogen and oxygen atoms in total. The molecule has 4 rings (SSSR count). The first-order chi connectivity index (χ1) is 14.2. The van der Waals surface area contributed by atoms with E-state index in [0.717, 1.165) is 42.8 Å². The van der Waals surface area contributed by atoms with E-state index in [1.54, 1.807) is 11.6 Å². The maximum Gasteiger partial charge on any atom is 0.271 e. The summed E-state index contributed by atoms with van der Waals surface area (Å²) < 4.78 is 5.84. The van der Waals surface area contributed by atoms with Gasteiger partial charge in [-0.15, -0.1) is 22.7 Å². The van der Waals surface area contributed by atoms with Crippen LogP contribution in [0.1, 0.15) is 28.9 Å². The van der Waals surface area contributed by atoms with Gasteiger partial charge >= 0.3 is 0 Å². The van der Waals surface area contributed by atoms with Crippen molar-refractivity contribution in [2.45, 2.75) is 19.3 Å². The minimum atomic E-state index is -0.285. The zero-order chi connectivity index (χ0) is 20.1. The van der Waals surface area contributed by atoms with Gasteiger partial charge in [0, 0.05) is 29.5 Å². The SMILES string of the molecule is O=C(Nc1nccs1)c1sc(-c2ccccc2)cc1OCC(=O)N1CCCCC1. The second-order valence-electron chi connectivity index (χ2n) is 6.69. The van der Waals surface area contributed by atoms with Crippen molar-refractivity contribution in [3.63, 3.8) is 0 Å². The number of thiazole rings is 1. The first-order valence-electron chi connectivity index (χ1n) is 9.51. The molecule has 3 heterocycles. The van der Waals surface area contributed by atoms with Crippen LogP contribution in [-0.2, 0) is 4.79 Å². The Morgan fingerprint density at radius 2 is 1.93 bits per heavy atom. The number of ether oxygens (including phenoxy) is 1. The van der Waals surface area contributed by atoms with Crippen molar-refractivity contribution < 1.29 is 14.3 Å². The van der Waals surface area contributed by atoms with Crippen LogP contribution in [0.25, 0.3) is 10.4 Å². The molecule has 0 radical (unpaired) electrons. The Labute approximate surface area is 177 Å². The van der Waals surface area contributed by atoms with Crippen LogP contribution in [0.2, 0.25) is 0 Å². The summed E-state index contributed by atoms with van der Waals surface area (Å²) in [5.74, 6) is 0.101. The first-order valence-corrected chi connectivity index (χ1v) is 11.2. The van der Waals surface area contributed by atoms with Crippen LogP contribution in [0.5, 0.6) is 5.75 Å². The summed E-state index contributed by atoms with van der Waals surface area (Å²) in [7, 11) is 0. The van der Waals surface area contributed by atoms with E-state index in [2.05, 4.69) is 10.3 Å². The summed E-state index contributed by atoms with van der Waals surface area (Å²) in [6, 6.07) is 11.6. The highest BCUT2D eigenvalue weighted by Gasteiger charge is 2.22. The van der Waals surface area contributed by atoms with Crippen molar-refractivity contribution in [1.29, 1.82) is 0 Å². The number of thiophene rings is 1. The molecule has 0 aliphatic carbocycles. The molecule has 1 aromatic carbocycles. The smallest absolute Gasteiger partial charge is 0.271 e. The summed E-state index contributed by atoms with van der Waals surface area (Å²) in [6.45, 7) is 1.49. The van der Waals surface area contributed by atoms with Gasteiger partial charge in [0.15, 0.2) is 11.7 Å². The fraction of sp³-hybridized carbons (Fsp3) is 0.286. The third-order valence-corrected chi connectivity index (χ3v) is 6.53. The molecular weight excluding hydrogens is 406 g/mol.